The molecule has 0 aliphatic rings. The molecular weight excluding hydrogens is 328 g/mol. The summed E-state index contributed by atoms with van der Waals surface area (Å²) in [5.74, 6) is -1.90. The third-order valence-electron chi connectivity index (χ3n) is 3.25. The first-order valence-electron chi connectivity index (χ1n) is 6.66. The van der Waals surface area contributed by atoms with Crippen LogP contribution in [0.25, 0.3) is 0 Å². The summed E-state index contributed by atoms with van der Waals surface area (Å²) in [7, 11) is 1.38. The summed E-state index contributed by atoms with van der Waals surface area (Å²) in [4.78, 5) is 12.1. The van der Waals surface area contributed by atoms with Crippen molar-refractivity contribution < 1.29 is 23.4 Å². The zero-order valence-corrected chi connectivity index (χ0v) is 12.9. The number of aliphatic hydroxyl groups excluding tert-OH is 1. The number of amides is 1. The normalized spacial score (nSPS) is 11.9. The molecule has 2 aromatic carbocycles. The molecule has 1 unspecified atom stereocenters. The summed E-state index contributed by atoms with van der Waals surface area (Å²) < 4.78 is 32.2. The Kier molecular flexibility index (Phi) is 5.52. The average molecular weight is 342 g/mol. The Morgan fingerprint density at radius 3 is 2.57 bits per heavy atom. The fourth-order valence-corrected chi connectivity index (χ4v) is 2.12. The molecule has 0 aliphatic carbocycles. The van der Waals surface area contributed by atoms with E-state index in [1.54, 1.807) is 0 Å². The van der Waals surface area contributed by atoms with E-state index >= 15 is 0 Å². The molecule has 2 N–H and O–H groups in total. The predicted molar refractivity (Wildman–Crippen MR) is 81.7 cm³/mol. The third kappa shape index (κ3) is 3.97. The van der Waals surface area contributed by atoms with Gasteiger partial charge in [-0.25, -0.2) is 8.78 Å². The fraction of sp³-hybridized carbons (Fsp3) is 0.188. The van der Waals surface area contributed by atoms with Gasteiger partial charge in [0.1, 0.15) is 17.4 Å². The highest BCUT2D eigenvalue weighted by atomic mass is 35.5. The second-order valence-electron chi connectivity index (χ2n) is 4.73. The highest BCUT2D eigenvalue weighted by Gasteiger charge is 2.19. The highest BCUT2D eigenvalue weighted by Crippen LogP contribution is 2.21. The molecule has 1 atom stereocenters. The smallest absolute Gasteiger partial charge is 0.254 e. The third-order valence-corrected chi connectivity index (χ3v) is 3.56. The van der Waals surface area contributed by atoms with Gasteiger partial charge in [-0.2, -0.15) is 0 Å². The number of hydrogen-bond donors (Lipinski definition) is 2. The van der Waals surface area contributed by atoms with E-state index in [2.05, 4.69) is 5.32 Å². The molecule has 0 saturated carbocycles. The summed E-state index contributed by atoms with van der Waals surface area (Å²) in [6.07, 6.45) is 0. The van der Waals surface area contributed by atoms with Gasteiger partial charge in [-0.05, 0) is 29.8 Å². The fourth-order valence-electron chi connectivity index (χ4n) is 2.01. The number of carbonyl (C=O) groups is 1. The molecule has 0 heterocycles. The molecule has 0 bridgehead atoms. The SMILES string of the molecule is COc1ccc(C(=O)NC(CO)c2ccc(Cl)c(F)c2)c(F)c1. The summed E-state index contributed by atoms with van der Waals surface area (Å²) in [5, 5.41) is 11.8. The van der Waals surface area contributed by atoms with E-state index < -0.39 is 30.2 Å². The van der Waals surface area contributed by atoms with Crippen molar-refractivity contribution in [3.63, 3.8) is 0 Å². The van der Waals surface area contributed by atoms with Crippen LogP contribution in [0.5, 0.6) is 5.75 Å². The maximum absolute atomic E-state index is 13.9. The van der Waals surface area contributed by atoms with Crippen LogP contribution in [-0.2, 0) is 0 Å². The number of carbonyl (C=O) groups excluding carboxylic acids is 1. The molecule has 0 fully saturated rings. The maximum Gasteiger partial charge on any atom is 0.254 e. The molecule has 1 amide bonds. The van der Waals surface area contributed by atoms with E-state index in [0.717, 1.165) is 12.1 Å². The van der Waals surface area contributed by atoms with Gasteiger partial charge in [-0.15, -0.1) is 0 Å². The molecule has 7 heteroatoms. The van der Waals surface area contributed by atoms with Gasteiger partial charge in [0, 0.05) is 6.07 Å². The monoisotopic (exact) mass is 341 g/mol. The van der Waals surface area contributed by atoms with Crippen molar-refractivity contribution in [3.8, 4) is 5.75 Å². The molecule has 0 radical (unpaired) electrons. The van der Waals surface area contributed by atoms with E-state index in [1.807, 2.05) is 0 Å². The van der Waals surface area contributed by atoms with Crippen LogP contribution in [-0.4, -0.2) is 24.7 Å². The minimum Gasteiger partial charge on any atom is -0.497 e. The van der Waals surface area contributed by atoms with Crippen LogP contribution >= 0.6 is 11.6 Å². The maximum atomic E-state index is 13.9. The molecule has 2 aromatic rings. The molecule has 0 aromatic heterocycles. The van der Waals surface area contributed by atoms with E-state index in [9.17, 15) is 18.7 Å². The zero-order chi connectivity index (χ0) is 17.0. The zero-order valence-electron chi connectivity index (χ0n) is 12.1. The Balaban J connectivity index is 2.21. The van der Waals surface area contributed by atoms with Crippen LogP contribution < -0.4 is 10.1 Å². The Morgan fingerprint density at radius 1 is 1.26 bits per heavy atom. The molecule has 0 aliphatic heterocycles. The van der Waals surface area contributed by atoms with Crippen molar-refractivity contribution in [2.75, 3.05) is 13.7 Å². The number of nitrogens with one attached hydrogen (secondary N) is 1. The summed E-state index contributed by atoms with van der Waals surface area (Å²) in [6.45, 7) is -0.482. The van der Waals surface area contributed by atoms with Crippen molar-refractivity contribution in [1.29, 1.82) is 0 Å². The van der Waals surface area contributed by atoms with Gasteiger partial charge in [0.15, 0.2) is 0 Å². The first kappa shape index (κ1) is 17.2. The second kappa shape index (κ2) is 7.39. The lowest BCUT2D eigenvalue weighted by Crippen LogP contribution is -2.31. The first-order valence-corrected chi connectivity index (χ1v) is 7.04. The predicted octanol–water partition coefficient (Wildman–Crippen LogP) is 3.09. The standard InChI is InChI=1S/C16H14ClF2NO3/c1-23-10-3-4-11(13(18)7-10)16(22)20-15(8-21)9-2-5-12(17)14(19)6-9/h2-7,15,21H,8H2,1H3,(H,20,22). The van der Waals surface area contributed by atoms with Gasteiger partial charge in [0.25, 0.3) is 5.91 Å². The molecule has 0 saturated heterocycles. The Morgan fingerprint density at radius 2 is 2.00 bits per heavy atom. The minimum atomic E-state index is -0.893. The van der Waals surface area contributed by atoms with E-state index in [-0.39, 0.29) is 16.3 Å². The average Bonchev–Trinajstić information content (AvgIpc) is 2.54. The van der Waals surface area contributed by atoms with E-state index in [1.165, 1.54) is 31.4 Å². The lowest BCUT2D eigenvalue weighted by Gasteiger charge is -2.17. The van der Waals surface area contributed by atoms with Gasteiger partial charge < -0.3 is 15.2 Å². The molecule has 0 spiro atoms. The highest BCUT2D eigenvalue weighted by molar-refractivity contribution is 6.30. The molecule has 2 rings (SSSR count). The van der Waals surface area contributed by atoms with Gasteiger partial charge in [0.2, 0.25) is 0 Å². The number of halogens is 3. The Labute approximate surface area is 136 Å². The topological polar surface area (TPSA) is 58.6 Å². The van der Waals surface area contributed by atoms with E-state index in [4.69, 9.17) is 16.3 Å². The van der Waals surface area contributed by atoms with Crippen molar-refractivity contribution >= 4 is 17.5 Å². The summed E-state index contributed by atoms with van der Waals surface area (Å²) in [5.41, 5.74) is 0.107. The number of hydrogen-bond acceptors (Lipinski definition) is 3. The number of aliphatic hydroxyl groups is 1. The van der Waals surface area contributed by atoms with Crippen LogP contribution in [0, 0.1) is 11.6 Å². The van der Waals surface area contributed by atoms with Crippen LogP contribution in [0.2, 0.25) is 5.02 Å². The van der Waals surface area contributed by atoms with Crippen molar-refractivity contribution in [3.05, 3.63) is 64.2 Å². The van der Waals surface area contributed by atoms with Gasteiger partial charge in [-0.1, -0.05) is 17.7 Å². The molecule has 23 heavy (non-hydrogen) atoms. The van der Waals surface area contributed by atoms with Crippen LogP contribution in [0.4, 0.5) is 8.78 Å². The number of ether oxygens (including phenoxy) is 1. The van der Waals surface area contributed by atoms with Crippen LogP contribution in [0.15, 0.2) is 36.4 Å². The van der Waals surface area contributed by atoms with Crippen LogP contribution in [0.1, 0.15) is 22.0 Å². The van der Waals surface area contributed by atoms with Crippen LogP contribution in [0.3, 0.4) is 0 Å². The Hall–Kier alpha value is -2.18. The first-order chi connectivity index (χ1) is 11.0. The van der Waals surface area contributed by atoms with Crippen molar-refractivity contribution in [2.24, 2.45) is 0 Å². The molecule has 122 valence electrons. The lowest BCUT2D eigenvalue weighted by atomic mass is 10.1. The minimum absolute atomic E-state index is 0.0713. The largest absolute Gasteiger partial charge is 0.497 e. The number of benzene rings is 2. The number of rotatable bonds is 5. The second-order valence-corrected chi connectivity index (χ2v) is 5.14. The van der Waals surface area contributed by atoms with Gasteiger partial charge in [0.05, 0.1) is 30.3 Å². The lowest BCUT2D eigenvalue weighted by molar-refractivity contribution is 0.0912. The number of methoxy groups -OCH3 is 1. The van der Waals surface area contributed by atoms with Crippen molar-refractivity contribution in [2.45, 2.75) is 6.04 Å². The van der Waals surface area contributed by atoms with Crippen molar-refractivity contribution in [1.82, 2.24) is 5.32 Å². The summed E-state index contributed by atoms with van der Waals surface area (Å²) in [6, 6.07) is 6.77. The van der Waals surface area contributed by atoms with E-state index in [0.29, 0.717) is 5.56 Å². The molecular formula is C16H14ClF2NO3. The summed E-state index contributed by atoms with van der Waals surface area (Å²) >= 11 is 5.59. The van der Waals surface area contributed by atoms with Gasteiger partial charge in [-0.3, -0.25) is 4.79 Å². The van der Waals surface area contributed by atoms with Gasteiger partial charge >= 0.3 is 0 Å². The Bertz CT molecular complexity index is 724. The molecule has 4 nitrogen and oxygen atoms in total. The quantitative estimate of drug-likeness (QED) is 0.878.